The maximum atomic E-state index is 11.7. The Balaban J connectivity index is 1.83. The summed E-state index contributed by atoms with van der Waals surface area (Å²) in [5, 5.41) is 44.2. The first-order valence-corrected chi connectivity index (χ1v) is 8.07. The van der Waals surface area contributed by atoms with Crippen LogP contribution in [0.25, 0.3) is 11.0 Å². The minimum absolute atomic E-state index is 0.0132. The summed E-state index contributed by atoms with van der Waals surface area (Å²) >= 11 is 0. The maximum absolute atomic E-state index is 11.7. The van der Waals surface area contributed by atoms with Gasteiger partial charge in [0.05, 0.1) is 10.6 Å². The number of nitrogens with one attached hydrogen (secondary N) is 2. The summed E-state index contributed by atoms with van der Waals surface area (Å²) in [6.07, 6.45) is 0. The lowest BCUT2D eigenvalue weighted by molar-refractivity contribution is -0.382. The second-order valence-electron chi connectivity index (χ2n) is 5.89. The standard InChI is InChI=1S/C18H13N5O5/c24-12-6-4-10(5-7-12)19-14-9-15(20-11-2-1-3-13(25)8-11)18(23(26)27)17-16(14)21-28-22-17/h1-9,19-20,24-25H. The van der Waals surface area contributed by atoms with Gasteiger partial charge in [0, 0.05) is 17.4 Å². The van der Waals surface area contributed by atoms with Crippen LogP contribution in [0.1, 0.15) is 0 Å². The largest absolute Gasteiger partial charge is 0.508 e. The van der Waals surface area contributed by atoms with E-state index >= 15 is 0 Å². The highest BCUT2D eigenvalue weighted by Crippen LogP contribution is 2.39. The molecule has 0 amide bonds. The van der Waals surface area contributed by atoms with Crippen molar-refractivity contribution in [2.24, 2.45) is 0 Å². The van der Waals surface area contributed by atoms with E-state index in [0.717, 1.165) is 0 Å². The maximum Gasteiger partial charge on any atom is 0.324 e. The lowest BCUT2D eigenvalue weighted by atomic mass is 10.1. The Hall–Kier alpha value is -4.34. The molecule has 1 heterocycles. The number of rotatable bonds is 5. The average molecular weight is 379 g/mol. The van der Waals surface area contributed by atoms with Crippen molar-refractivity contribution in [2.75, 3.05) is 10.6 Å². The van der Waals surface area contributed by atoms with Gasteiger partial charge in [0.1, 0.15) is 17.2 Å². The van der Waals surface area contributed by atoms with E-state index in [1.54, 1.807) is 24.3 Å². The van der Waals surface area contributed by atoms with Crippen LogP contribution in [0.5, 0.6) is 11.5 Å². The number of phenols is 2. The molecule has 10 nitrogen and oxygen atoms in total. The van der Waals surface area contributed by atoms with Crippen LogP contribution in [0.3, 0.4) is 0 Å². The number of nitro benzene ring substituents is 1. The number of anilines is 4. The number of nitro groups is 1. The molecule has 0 aliphatic heterocycles. The number of hydrogen-bond acceptors (Lipinski definition) is 9. The Kier molecular flexibility index (Phi) is 4.13. The second kappa shape index (κ2) is 6.76. The second-order valence-corrected chi connectivity index (χ2v) is 5.89. The Labute approximate surface area is 157 Å². The summed E-state index contributed by atoms with van der Waals surface area (Å²) in [4.78, 5) is 11.1. The molecule has 0 fully saturated rings. The third kappa shape index (κ3) is 3.21. The highest BCUT2D eigenvalue weighted by atomic mass is 16.6. The summed E-state index contributed by atoms with van der Waals surface area (Å²) in [6, 6.07) is 14.0. The van der Waals surface area contributed by atoms with E-state index in [4.69, 9.17) is 4.63 Å². The Morgan fingerprint density at radius 3 is 2.29 bits per heavy atom. The molecule has 0 bridgehead atoms. The summed E-state index contributed by atoms with van der Waals surface area (Å²) in [5.41, 5.74) is 1.47. The molecular weight excluding hydrogens is 366 g/mol. The highest BCUT2D eigenvalue weighted by molar-refractivity contribution is 6.01. The molecule has 4 aromatic rings. The normalized spacial score (nSPS) is 10.7. The Morgan fingerprint density at radius 1 is 0.857 bits per heavy atom. The van der Waals surface area contributed by atoms with Crippen LogP contribution >= 0.6 is 0 Å². The summed E-state index contributed by atoms with van der Waals surface area (Å²) in [6.45, 7) is 0. The number of phenolic OH excluding ortho intramolecular Hbond substituents is 2. The van der Waals surface area contributed by atoms with Crippen LogP contribution in [0, 0.1) is 10.1 Å². The zero-order valence-corrected chi connectivity index (χ0v) is 14.2. The van der Waals surface area contributed by atoms with Crippen molar-refractivity contribution >= 4 is 39.5 Å². The van der Waals surface area contributed by atoms with Gasteiger partial charge in [0.2, 0.25) is 5.52 Å². The van der Waals surface area contributed by atoms with E-state index in [0.29, 0.717) is 17.1 Å². The third-order valence-corrected chi connectivity index (χ3v) is 3.97. The van der Waals surface area contributed by atoms with E-state index in [2.05, 4.69) is 20.9 Å². The first-order chi connectivity index (χ1) is 13.5. The topological polar surface area (TPSA) is 147 Å². The average Bonchev–Trinajstić information content (AvgIpc) is 3.13. The van der Waals surface area contributed by atoms with Gasteiger partial charge in [-0.05, 0) is 52.8 Å². The van der Waals surface area contributed by atoms with Crippen LogP contribution < -0.4 is 10.6 Å². The van der Waals surface area contributed by atoms with E-state index < -0.39 is 4.92 Å². The van der Waals surface area contributed by atoms with Crippen molar-refractivity contribution in [1.29, 1.82) is 0 Å². The molecule has 0 unspecified atom stereocenters. The monoisotopic (exact) mass is 379 g/mol. The van der Waals surface area contributed by atoms with Crippen molar-refractivity contribution in [1.82, 2.24) is 10.3 Å². The number of aromatic hydroxyl groups is 2. The van der Waals surface area contributed by atoms with E-state index in [1.807, 2.05) is 0 Å². The molecule has 1 aromatic heterocycles. The lowest BCUT2D eigenvalue weighted by Gasteiger charge is -2.11. The molecule has 10 heteroatoms. The third-order valence-electron chi connectivity index (χ3n) is 3.97. The minimum atomic E-state index is -0.581. The quantitative estimate of drug-likeness (QED) is 0.229. The van der Waals surface area contributed by atoms with Gasteiger partial charge in [-0.25, -0.2) is 4.63 Å². The Bertz CT molecular complexity index is 1170. The van der Waals surface area contributed by atoms with Gasteiger partial charge >= 0.3 is 5.69 Å². The lowest BCUT2D eigenvalue weighted by Crippen LogP contribution is -2.01. The number of fused-ring (bicyclic) bond motifs is 1. The fraction of sp³-hybridized carbons (Fsp3) is 0. The number of nitrogens with zero attached hydrogens (tertiary/aromatic N) is 3. The highest BCUT2D eigenvalue weighted by Gasteiger charge is 2.26. The van der Waals surface area contributed by atoms with Crippen LogP contribution in [0.15, 0.2) is 59.2 Å². The molecule has 3 aromatic carbocycles. The summed E-state index contributed by atoms with van der Waals surface area (Å²) in [7, 11) is 0. The van der Waals surface area contributed by atoms with Crippen molar-refractivity contribution in [3.8, 4) is 11.5 Å². The number of benzene rings is 3. The van der Waals surface area contributed by atoms with Crippen molar-refractivity contribution in [3.63, 3.8) is 0 Å². The molecule has 4 N–H and O–H groups in total. The zero-order chi connectivity index (χ0) is 19.7. The molecule has 140 valence electrons. The van der Waals surface area contributed by atoms with Crippen LogP contribution in [0.2, 0.25) is 0 Å². The zero-order valence-electron chi connectivity index (χ0n) is 14.2. The first-order valence-electron chi connectivity index (χ1n) is 8.07. The summed E-state index contributed by atoms with van der Waals surface area (Å²) < 4.78 is 4.73. The fourth-order valence-electron chi connectivity index (χ4n) is 2.74. The number of aromatic nitrogens is 2. The van der Waals surface area contributed by atoms with Gasteiger partial charge in [0.15, 0.2) is 5.52 Å². The summed E-state index contributed by atoms with van der Waals surface area (Å²) in [5.74, 6) is 0.119. The SMILES string of the molecule is O=[N+]([O-])c1c(Nc2cccc(O)c2)cc(Nc2ccc(O)cc2)c2nonc12. The van der Waals surface area contributed by atoms with Crippen LogP contribution in [0.4, 0.5) is 28.4 Å². The molecule has 0 radical (unpaired) electrons. The molecule has 0 spiro atoms. The smallest absolute Gasteiger partial charge is 0.324 e. The van der Waals surface area contributed by atoms with Gasteiger partial charge in [-0.15, -0.1) is 0 Å². The van der Waals surface area contributed by atoms with Crippen LogP contribution in [-0.4, -0.2) is 25.4 Å². The van der Waals surface area contributed by atoms with Gasteiger partial charge in [-0.1, -0.05) is 6.07 Å². The molecule has 28 heavy (non-hydrogen) atoms. The first kappa shape index (κ1) is 17.1. The van der Waals surface area contributed by atoms with Gasteiger partial charge in [-0.2, -0.15) is 0 Å². The molecule has 0 saturated carbocycles. The predicted molar refractivity (Wildman–Crippen MR) is 101 cm³/mol. The molecule has 4 rings (SSSR count). The van der Waals surface area contributed by atoms with E-state index in [-0.39, 0.29) is 33.9 Å². The fourth-order valence-corrected chi connectivity index (χ4v) is 2.74. The van der Waals surface area contributed by atoms with Crippen LogP contribution in [-0.2, 0) is 0 Å². The molecule has 0 saturated heterocycles. The molecule has 0 atom stereocenters. The number of hydrogen-bond donors (Lipinski definition) is 4. The Morgan fingerprint density at radius 2 is 1.57 bits per heavy atom. The van der Waals surface area contributed by atoms with Gasteiger partial charge in [-0.3, -0.25) is 10.1 Å². The van der Waals surface area contributed by atoms with Crippen molar-refractivity contribution < 1.29 is 19.8 Å². The predicted octanol–water partition coefficient (Wildman–Crippen LogP) is 4.03. The van der Waals surface area contributed by atoms with Gasteiger partial charge < -0.3 is 20.8 Å². The van der Waals surface area contributed by atoms with Gasteiger partial charge in [0.25, 0.3) is 0 Å². The van der Waals surface area contributed by atoms with Crippen molar-refractivity contribution in [2.45, 2.75) is 0 Å². The van der Waals surface area contributed by atoms with E-state index in [1.165, 1.54) is 30.3 Å². The molecular formula is C18H13N5O5. The molecule has 0 aliphatic carbocycles. The van der Waals surface area contributed by atoms with E-state index in [9.17, 15) is 20.3 Å². The molecule has 0 aliphatic rings. The van der Waals surface area contributed by atoms with Crippen molar-refractivity contribution in [3.05, 3.63) is 64.7 Å². The minimum Gasteiger partial charge on any atom is -0.508 e.